The highest BCUT2D eigenvalue weighted by molar-refractivity contribution is 6.37. The van der Waals surface area contributed by atoms with Crippen molar-refractivity contribution >= 4 is 46.4 Å². The van der Waals surface area contributed by atoms with E-state index in [1.165, 1.54) is 30.3 Å². The molecule has 0 aliphatic carbocycles. The van der Waals surface area contributed by atoms with Crippen LogP contribution < -0.4 is 5.32 Å². The van der Waals surface area contributed by atoms with Crippen LogP contribution in [0.25, 0.3) is 0 Å². The number of hydrogen-bond acceptors (Lipinski definition) is 2. The third-order valence-electron chi connectivity index (χ3n) is 2.38. The van der Waals surface area contributed by atoms with Crippen LogP contribution in [0, 0.1) is 0 Å². The third-order valence-corrected chi connectivity index (χ3v) is 3.17. The maximum Gasteiger partial charge on any atom is 0.257 e. The molecule has 2 rings (SSSR count). The first-order valence-electron chi connectivity index (χ1n) is 5.22. The molecule has 1 amide bonds. The van der Waals surface area contributed by atoms with E-state index in [1.54, 1.807) is 6.07 Å². The lowest BCUT2D eigenvalue weighted by Gasteiger charge is -2.09. The highest BCUT2D eigenvalue weighted by Crippen LogP contribution is 2.28. The van der Waals surface area contributed by atoms with E-state index >= 15 is 0 Å². The Kier molecular flexibility index (Phi) is 4.20. The standard InChI is InChI=1S/C13H8Cl3NO2/c14-7-1-3-9(10(16)5-7)13(19)17-11-6-8(15)2-4-12(11)18/h1-6,18H,(H,17,19). The minimum Gasteiger partial charge on any atom is -0.506 e. The molecule has 0 aromatic heterocycles. The fourth-order valence-electron chi connectivity index (χ4n) is 1.47. The number of aromatic hydroxyl groups is 1. The van der Waals surface area contributed by atoms with Gasteiger partial charge in [-0.3, -0.25) is 4.79 Å². The van der Waals surface area contributed by atoms with E-state index < -0.39 is 5.91 Å². The van der Waals surface area contributed by atoms with Crippen molar-refractivity contribution in [1.29, 1.82) is 0 Å². The van der Waals surface area contributed by atoms with Crippen molar-refractivity contribution in [2.24, 2.45) is 0 Å². The number of phenols is 1. The Balaban J connectivity index is 2.28. The van der Waals surface area contributed by atoms with Crippen molar-refractivity contribution in [1.82, 2.24) is 0 Å². The zero-order chi connectivity index (χ0) is 14.0. The number of carbonyl (C=O) groups excluding carboxylic acids is 1. The van der Waals surface area contributed by atoms with Crippen molar-refractivity contribution in [2.45, 2.75) is 0 Å². The number of hydrogen-bond donors (Lipinski definition) is 2. The van der Waals surface area contributed by atoms with Gasteiger partial charge in [0.1, 0.15) is 5.75 Å². The van der Waals surface area contributed by atoms with Crippen molar-refractivity contribution in [2.75, 3.05) is 5.32 Å². The summed E-state index contributed by atoms with van der Waals surface area (Å²) in [5.41, 5.74) is 0.467. The highest BCUT2D eigenvalue weighted by atomic mass is 35.5. The zero-order valence-electron chi connectivity index (χ0n) is 9.45. The van der Waals surface area contributed by atoms with Crippen LogP contribution in [0.5, 0.6) is 5.75 Å². The number of halogens is 3. The summed E-state index contributed by atoms with van der Waals surface area (Å²) in [6.07, 6.45) is 0. The monoisotopic (exact) mass is 315 g/mol. The second-order valence-electron chi connectivity index (χ2n) is 3.74. The molecule has 0 radical (unpaired) electrons. The van der Waals surface area contributed by atoms with Gasteiger partial charge in [0, 0.05) is 10.0 Å². The second kappa shape index (κ2) is 5.70. The van der Waals surface area contributed by atoms with Gasteiger partial charge >= 0.3 is 0 Å². The molecule has 0 atom stereocenters. The maximum atomic E-state index is 12.0. The molecular formula is C13H8Cl3NO2. The summed E-state index contributed by atoms with van der Waals surface area (Å²) < 4.78 is 0. The molecule has 98 valence electrons. The average molecular weight is 317 g/mol. The number of carbonyl (C=O) groups is 1. The van der Waals surface area contributed by atoms with E-state index in [9.17, 15) is 9.90 Å². The van der Waals surface area contributed by atoms with E-state index in [0.717, 1.165) is 0 Å². The predicted octanol–water partition coefficient (Wildman–Crippen LogP) is 4.60. The summed E-state index contributed by atoms with van der Waals surface area (Å²) in [5.74, 6) is -0.540. The maximum absolute atomic E-state index is 12.0. The van der Waals surface area contributed by atoms with Gasteiger partial charge in [-0.05, 0) is 36.4 Å². The van der Waals surface area contributed by atoms with Crippen LogP contribution >= 0.6 is 34.8 Å². The Morgan fingerprint density at radius 2 is 1.63 bits per heavy atom. The number of amides is 1. The van der Waals surface area contributed by atoms with Gasteiger partial charge < -0.3 is 10.4 Å². The fraction of sp³-hybridized carbons (Fsp3) is 0. The number of nitrogens with one attached hydrogen (secondary N) is 1. The molecule has 0 aliphatic heterocycles. The van der Waals surface area contributed by atoms with E-state index in [0.29, 0.717) is 10.0 Å². The number of benzene rings is 2. The minimum absolute atomic E-state index is 0.0807. The lowest BCUT2D eigenvalue weighted by molar-refractivity contribution is 0.102. The summed E-state index contributed by atoms with van der Waals surface area (Å²) in [7, 11) is 0. The van der Waals surface area contributed by atoms with Crippen molar-refractivity contribution in [3.8, 4) is 5.75 Å². The number of rotatable bonds is 2. The summed E-state index contributed by atoms with van der Waals surface area (Å²) in [4.78, 5) is 12.0. The Morgan fingerprint density at radius 3 is 2.32 bits per heavy atom. The minimum atomic E-state index is -0.459. The quantitative estimate of drug-likeness (QED) is 0.795. The lowest BCUT2D eigenvalue weighted by Crippen LogP contribution is -2.12. The topological polar surface area (TPSA) is 49.3 Å². The molecule has 0 heterocycles. The van der Waals surface area contributed by atoms with Gasteiger partial charge in [0.2, 0.25) is 0 Å². The second-order valence-corrected chi connectivity index (χ2v) is 5.02. The van der Waals surface area contributed by atoms with Gasteiger partial charge in [0.05, 0.1) is 16.3 Å². The van der Waals surface area contributed by atoms with E-state index in [2.05, 4.69) is 5.32 Å². The van der Waals surface area contributed by atoms with E-state index in [4.69, 9.17) is 34.8 Å². The van der Waals surface area contributed by atoms with Crippen molar-refractivity contribution in [3.63, 3.8) is 0 Å². The first-order chi connectivity index (χ1) is 8.97. The van der Waals surface area contributed by atoms with Crippen LogP contribution in [0.4, 0.5) is 5.69 Å². The molecular weight excluding hydrogens is 309 g/mol. The molecule has 2 N–H and O–H groups in total. The summed E-state index contributed by atoms with van der Waals surface area (Å²) in [5, 5.41) is 13.2. The summed E-state index contributed by atoms with van der Waals surface area (Å²) in [6, 6.07) is 8.87. The highest BCUT2D eigenvalue weighted by Gasteiger charge is 2.13. The summed E-state index contributed by atoms with van der Waals surface area (Å²) in [6.45, 7) is 0. The molecule has 19 heavy (non-hydrogen) atoms. The summed E-state index contributed by atoms with van der Waals surface area (Å²) >= 11 is 17.5. The van der Waals surface area contributed by atoms with Crippen molar-refractivity contribution < 1.29 is 9.90 Å². The molecule has 2 aromatic rings. The average Bonchev–Trinajstić information content (AvgIpc) is 2.33. The van der Waals surface area contributed by atoms with Crippen LogP contribution in [0.3, 0.4) is 0 Å². The SMILES string of the molecule is O=C(Nc1cc(Cl)ccc1O)c1ccc(Cl)cc1Cl. The molecule has 0 spiro atoms. The van der Waals surface area contributed by atoms with Crippen LogP contribution in [0.2, 0.25) is 15.1 Å². The van der Waals surface area contributed by atoms with Gasteiger partial charge in [0.25, 0.3) is 5.91 Å². The normalized spacial score (nSPS) is 10.3. The first kappa shape index (κ1) is 14.0. The third kappa shape index (κ3) is 3.32. The smallest absolute Gasteiger partial charge is 0.257 e. The molecule has 6 heteroatoms. The Hall–Kier alpha value is -1.42. The van der Waals surface area contributed by atoms with E-state index in [1.807, 2.05) is 0 Å². The Bertz CT molecular complexity index is 644. The Morgan fingerprint density at radius 1 is 1.00 bits per heavy atom. The van der Waals surface area contributed by atoms with Crippen LogP contribution in [-0.2, 0) is 0 Å². The van der Waals surface area contributed by atoms with Gasteiger partial charge in [-0.25, -0.2) is 0 Å². The number of anilines is 1. The zero-order valence-corrected chi connectivity index (χ0v) is 11.7. The van der Waals surface area contributed by atoms with Gasteiger partial charge in [-0.15, -0.1) is 0 Å². The molecule has 0 bridgehead atoms. The van der Waals surface area contributed by atoms with Crippen LogP contribution in [0.15, 0.2) is 36.4 Å². The number of phenolic OH excluding ortho intramolecular Hbond substituents is 1. The molecule has 0 aliphatic rings. The Labute approximate surface area is 124 Å². The largest absolute Gasteiger partial charge is 0.506 e. The molecule has 2 aromatic carbocycles. The lowest BCUT2D eigenvalue weighted by atomic mass is 10.2. The molecule has 0 saturated heterocycles. The van der Waals surface area contributed by atoms with Crippen LogP contribution in [-0.4, -0.2) is 11.0 Å². The van der Waals surface area contributed by atoms with Gasteiger partial charge in [-0.2, -0.15) is 0 Å². The van der Waals surface area contributed by atoms with Crippen molar-refractivity contribution in [3.05, 3.63) is 57.0 Å². The van der Waals surface area contributed by atoms with Gasteiger partial charge in [-0.1, -0.05) is 34.8 Å². The molecule has 0 saturated carbocycles. The fourth-order valence-corrected chi connectivity index (χ4v) is 2.14. The molecule has 0 fully saturated rings. The van der Waals surface area contributed by atoms with E-state index in [-0.39, 0.29) is 22.0 Å². The molecule has 0 unspecified atom stereocenters. The van der Waals surface area contributed by atoms with Crippen LogP contribution in [0.1, 0.15) is 10.4 Å². The molecule has 3 nitrogen and oxygen atoms in total. The predicted molar refractivity (Wildman–Crippen MR) is 77.5 cm³/mol. The first-order valence-corrected chi connectivity index (χ1v) is 6.35. The van der Waals surface area contributed by atoms with Gasteiger partial charge in [0.15, 0.2) is 0 Å².